The minimum absolute atomic E-state index is 0.0213. The maximum Gasteiger partial charge on any atom is 0.305 e. The van der Waals surface area contributed by atoms with Crippen molar-refractivity contribution in [3.8, 4) is 0 Å². The molecule has 0 amide bonds. The van der Waals surface area contributed by atoms with Gasteiger partial charge in [-0.1, -0.05) is 0 Å². The third-order valence-electron chi connectivity index (χ3n) is 2.27. The number of hydrogen-bond donors (Lipinski definition) is 3. The van der Waals surface area contributed by atoms with E-state index in [1.807, 2.05) is 0 Å². The second kappa shape index (κ2) is 10.9. The first-order valence-corrected chi connectivity index (χ1v) is 5.91. The van der Waals surface area contributed by atoms with Crippen molar-refractivity contribution in [2.75, 3.05) is 39.5 Å². The van der Waals surface area contributed by atoms with E-state index in [1.165, 1.54) is 0 Å². The molecule has 0 atom stereocenters. The third-order valence-corrected chi connectivity index (χ3v) is 2.27. The number of carboxylic acids is 1. The second-order valence-corrected chi connectivity index (χ2v) is 3.76. The van der Waals surface area contributed by atoms with E-state index in [0.29, 0.717) is 19.6 Å². The summed E-state index contributed by atoms with van der Waals surface area (Å²) in [7, 11) is 0. The zero-order valence-corrected chi connectivity index (χ0v) is 10.4. The van der Waals surface area contributed by atoms with Crippen LogP contribution >= 0.6 is 0 Å². The van der Waals surface area contributed by atoms with Crippen molar-refractivity contribution in [1.29, 1.82) is 0 Å². The molecule has 0 bridgehead atoms. The topological polar surface area (TPSA) is 107 Å². The van der Waals surface area contributed by atoms with E-state index in [-0.39, 0.29) is 39.1 Å². The highest BCUT2D eigenvalue weighted by Crippen LogP contribution is 1.98. The number of hydrogen-bond acceptors (Lipinski definition) is 6. The molecule has 0 fully saturated rings. The molecule has 0 aliphatic rings. The van der Waals surface area contributed by atoms with Crippen molar-refractivity contribution in [2.24, 2.45) is 0 Å². The number of carbonyl (C=O) groups excluding carboxylic acids is 1. The van der Waals surface area contributed by atoms with Crippen LogP contribution in [-0.4, -0.2) is 71.6 Å². The zero-order chi connectivity index (χ0) is 13.8. The van der Waals surface area contributed by atoms with E-state index in [4.69, 9.17) is 20.1 Å². The van der Waals surface area contributed by atoms with Gasteiger partial charge in [-0.25, -0.2) is 0 Å². The Bertz CT molecular complexity index is 240. The van der Waals surface area contributed by atoms with Crippen LogP contribution in [0, 0.1) is 0 Å². The Morgan fingerprint density at radius 3 is 2.11 bits per heavy atom. The Hall–Kier alpha value is -1.18. The fraction of sp³-hybridized carbons (Fsp3) is 0.818. The molecule has 0 spiro atoms. The van der Waals surface area contributed by atoms with Gasteiger partial charge in [0, 0.05) is 32.5 Å². The Morgan fingerprint density at radius 1 is 1.00 bits per heavy atom. The summed E-state index contributed by atoms with van der Waals surface area (Å²) in [5.41, 5.74) is 0. The number of aliphatic hydroxyl groups excluding tert-OH is 2. The lowest BCUT2D eigenvalue weighted by Gasteiger charge is -2.19. The summed E-state index contributed by atoms with van der Waals surface area (Å²) in [6, 6.07) is 0. The van der Waals surface area contributed by atoms with Crippen molar-refractivity contribution in [3.63, 3.8) is 0 Å². The average Bonchev–Trinajstić information content (AvgIpc) is 2.29. The minimum atomic E-state index is -0.931. The van der Waals surface area contributed by atoms with Crippen molar-refractivity contribution in [1.82, 2.24) is 4.90 Å². The molecule has 0 aliphatic heterocycles. The molecule has 106 valence electrons. The molecule has 7 nitrogen and oxygen atoms in total. The number of esters is 1. The van der Waals surface area contributed by atoms with Gasteiger partial charge in [0.25, 0.3) is 0 Å². The van der Waals surface area contributed by atoms with Gasteiger partial charge >= 0.3 is 11.9 Å². The van der Waals surface area contributed by atoms with Crippen molar-refractivity contribution < 1.29 is 29.6 Å². The predicted molar refractivity (Wildman–Crippen MR) is 63.1 cm³/mol. The van der Waals surface area contributed by atoms with Gasteiger partial charge in [0.1, 0.15) is 6.61 Å². The van der Waals surface area contributed by atoms with Crippen LogP contribution in [0.2, 0.25) is 0 Å². The quantitative estimate of drug-likeness (QED) is 0.413. The molecular formula is C11H21NO6. The number of aliphatic carboxylic acids is 1. The molecule has 0 saturated heterocycles. The smallest absolute Gasteiger partial charge is 0.305 e. The number of aliphatic hydroxyl groups is 2. The summed E-state index contributed by atoms with van der Waals surface area (Å²) in [4.78, 5) is 23.2. The van der Waals surface area contributed by atoms with Gasteiger partial charge in [0.05, 0.1) is 13.2 Å². The molecule has 18 heavy (non-hydrogen) atoms. The van der Waals surface area contributed by atoms with E-state index in [1.54, 1.807) is 4.90 Å². The zero-order valence-electron chi connectivity index (χ0n) is 10.4. The maximum absolute atomic E-state index is 11.2. The molecule has 0 aromatic rings. The van der Waals surface area contributed by atoms with E-state index in [2.05, 4.69) is 0 Å². The first-order valence-electron chi connectivity index (χ1n) is 5.91. The van der Waals surface area contributed by atoms with Gasteiger partial charge < -0.3 is 20.1 Å². The summed E-state index contributed by atoms with van der Waals surface area (Å²) in [5, 5.41) is 25.9. The molecular weight excluding hydrogens is 242 g/mol. The molecule has 0 unspecified atom stereocenters. The molecule has 3 N–H and O–H groups in total. The summed E-state index contributed by atoms with van der Waals surface area (Å²) in [6.07, 6.45) is 0.313. The van der Waals surface area contributed by atoms with Crippen LogP contribution in [0.5, 0.6) is 0 Å². The maximum atomic E-state index is 11.2. The number of rotatable bonds is 11. The lowest BCUT2D eigenvalue weighted by molar-refractivity contribution is -0.144. The van der Waals surface area contributed by atoms with Gasteiger partial charge in [0.2, 0.25) is 0 Å². The van der Waals surface area contributed by atoms with Crippen LogP contribution in [-0.2, 0) is 14.3 Å². The van der Waals surface area contributed by atoms with Crippen LogP contribution in [0.25, 0.3) is 0 Å². The summed E-state index contributed by atoms with van der Waals surface area (Å²) < 4.78 is 4.91. The number of carboxylic acid groups (broad SMARTS) is 1. The standard InChI is InChI=1S/C11H21NO6/c13-7-4-12(5-8-14)6-9-18-11(17)3-1-2-10(15)16/h13-14H,1-9H2,(H,15,16). The van der Waals surface area contributed by atoms with Gasteiger partial charge in [-0.05, 0) is 6.42 Å². The summed E-state index contributed by atoms with van der Waals surface area (Å²) in [5.74, 6) is -1.36. The lowest BCUT2D eigenvalue weighted by Crippen LogP contribution is -2.33. The summed E-state index contributed by atoms with van der Waals surface area (Å²) in [6.45, 7) is 1.39. The SMILES string of the molecule is O=C(O)CCCC(=O)OCCN(CCO)CCO. The molecule has 0 heterocycles. The molecule has 0 saturated carbocycles. The Balaban J connectivity index is 3.61. The summed E-state index contributed by atoms with van der Waals surface area (Å²) >= 11 is 0. The number of nitrogens with zero attached hydrogens (tertiary/aromatic N) is 1. The highest BCUT2D eigenvalue weighted by Gasteiger charge is 2.07. The minimum Gasteiger partial charge on any atom is -0.481 e. The second-order valence-electron chi connectivity index (χ2n) is 3.76. The fourth-order valence-corrected chi connectivity index (χ4v) is 1.36. The fourth-order valence-electron chi connectivity index (χ4n) is 1.36. The predicted octanol–water partition coefficient (Wildman–Crippen LogP) is -0.929. The number of carbonyl (C=O) groups is 2. The van der Waals surface area contributed by atoms with E-state index in [0.717, 1.165) is 0 Å². The first-order chi connectivity index (χ1) is 8.60. The Kier molecular flexibility index (Phi) is 10.2. The first kappa shape index (κ1) is 16.8. The van der Waals surface area contributed by atoms with Gasteiger partial charge in [-0.3, -0.25) is 14.5 Å². The highest BCUT2D eigenvalue weighted by atomic mass is 16.5. The Labute approximate surface area is 106 Å². The number of ether oxygens (including phenoxy) is 1. The molecule has 7 heteroatoms. The average molecular weight is 263 g/mol. The van der Waals surface area contributed by atoms with E-state index >= 15 is 0 Å². The van der Waals surface area contributed by atoms with Gasteiger partial charge in [-0.15, -0.1) is 0 Å². The van der Waals surface area contributed by atoms with Gasteiger partial charge in [0.15, 0.2) is 0 Å². The molecule has 0 rings (SSSR count). The van der Waals surface area contributed by atoms with Crippen LogP contribution in [0.4, 0.5) is 0 Å². The van der Waals surface area contributed by atoms with Crippen molar-refractivity contribution in [3.05, 3.63) is 0 Å². The molecule has 0 aromatic carbocycles. The van der Waals surface area contributed by atoms with Crippen molar-refractivity contribution in [2.45, 2.75) is 19.3 Å². The molecule has 0 radical (unpaired) electrons. The van der Waals surface area contributed by atoms with Crippen molar-refractivity contribution >= 4 is 11.9 Å². The van der Waals surface area contributed by atoms with Crippen LogP contribution in [0.3, 0.4) is 0 Å². The lowest BCUT2D eigenvalue weighted by atomic mass is 10.2. The van der Waals surface area contributed by atoms with E-state index < -0.39 is 11.9 Å². The van der Waals surface area contributed by atoms with Crippen LogP contribution < -0.4 is 0 Å². The normalized spacial score (nSPS) is 10.6. The van der Waals surface area contributed by atoms with Crippen LogP contribution in [0.15, 0.2) is 0 Å². The monoisotopic (exact) mass is 263 g/mol. The third kappa shape index (κ3) is 10.0. The van der Waals surface area contributed by atoms with Crippen LogP contribution in [0.1, 0.15) is 19.3 Å². The highest BCUT2D eigenvalue weighted by molar-refractivity contribution is 5.71. The molecule has 0 aromatic heterocycles. The van der Waals surface area contributed by atoms with E-state index in [9.17, 15) is 9.59 Å². The van der Waals surface area contributed by atoms with Gasteiger partial charge in [-0.2, -0.15) is 0 Å². The Morgan fingerprint density at radius 2 is 1.61 bits per heavy atom. The largest absolute Gasteiger partial charge is 0.481 e. The molecule has 0 aliphatic carbocycles.